The van der Waals surface area contributed by atoms with E-state index >= 15 is 0 Å². The van der Waals surface area contributed by atoms with Crippen LogP contribution in [0.25, 0.3) is 16.6 Å². The van der Waals surface area contributed by atoms with E-state index in [4.69, 9.17) is 19.4 Å². The zero-order chi connectivity index (χ0) is 26.0. The highest BCUT2D eigenvalue weighted by atomic mass is 16.5. The number of fused-ring (bicyclic) bond motifs is 1. The predicted molar refractivity (Wildman–Crippen MR) is 150 cm³/mol. The summed E-state index contributed by atoms with van der Waals surface area (Å²) in [5.74, 6) is 1.35. The number of hydrogen-bond acceptors (Lipinski definition) is 9. The van der Waals surface area contributed by atoms with Gasteiger partial charge in [-0.05, 0) is 50.5 Å². The minimum absolute atomic E-state index is 0.361. The summed E-state index contributed by atoms with van der Waals surface area (Å²) in [6.07, 6.45) is 17.9. The summed E-state index contributed by atoms with van der Waals surface area (Å²) >= 11 is 0. The first-order valence-electron chi connectivity index (χ1n) is 14.4. The average Bonchev–Trinajstić information content (AvgIpc) is 3.76. The van der Waals surface area contributed by atoms with Crippen LogP contribution >= 0.6 is 0 Å². The molecule has 2 saturated heterocycles. The van der Waals surface area contributed by atoms with Gasteiger partial charge in [0.2, 0.25) is 5.95 Å². The van der Waals surface area contributed by atoms with Crippen LogP contribution in [0, 0.1) is 0 Å². The molecule has 3 fully saturated rings. The Morgan fingerprint density at radius 1 is 0.923 bits per heavy atom. The van der Waals surface area contributed by atoms with Crippen LogP contribution in [-0.2, 0) is 9.47 Å². The second kappa shape index (κ2) is 11.1. The van der Waals surface area contributed by atoms with E-state index in [9.17, 15) is 0 Å². The molecule has 3 aromatic heterocycles. The largest absolute Gasteiger partial charge is 0.381 e. The highest BCUT2D eigenvalue weighted by Crippen LogP contribution is 2.34. The lowest BCUT2D eigenvalue weighted by molar-refractivity contribution is 0.00791. The maximum atomic E-state index is 5.56. The molecule has 0 bridgehead atoms. The lowest BCUT2D eigenvalue weighted by Crippen LogP contribution is -2.46. The molecule has 2 aliphatic carbocycles. The fourth-order valence-electron chi connectivity index (χ4n) is 6.34. The molecule has 0 aromatic carbocycles. The fourth-order valence-corrected chi connectivity index (χ4v) is 6.34. The highest BCUT2D eigenvalue weighted by molar-refractivity contribution is 5.99. The van der Waals surface area contributed by atoms with Gasteiger partial charge in [0, 0.05) is 44.6 Å². The van der Waals surface area contributed by atoms with E-state index in [1.54, 1.807) is 0 Å². The third-order valence-electron chi connectivity index (χ3n) is 8.50. The van der Waals surface area contributed by atoms with E-state index in [-0.39, 0.29) is 0 Å². The Bertz CT molecular complexity index is 1340. The molecule has 11 heteroatoms. The lowest BCUT2D eigenvalue weighted by Gasteiger charge is -2.39. The Hall–Kier alpha value is -3.28. The zero-order valence-corrected chi connectivity index (χ0v) is 22.3. The highest BCUT2D eigenvalue weighted by Gasteiger charge is 2.28. The van der Waals surface area contributed by atoms with Gasteiger partial charge in [0.15, 0.2) is 5.65 Å². The summed E-state index contributed by atoms with van der Waals surface area (Å²) < 4.78 is 13.1. The Balaban J connectivity index is 1.12. The number of nitrogens with one attached hydrogen (secondary N) is 3. The van der Waals surface area contributed by atoms with E-state index in [0.29, 0.717) is 29.7 Å². The van der Waals surface area contributed by atoms with Crippen molar-refractivity contribution < 1.29 is 9.47 Å². The predicted octanol–water partition coefficient (Wildman–Crippen LogP) is 4.04. The Labute approximate surface area is 228 Å². The monoisotopic (exact) mass is 531 g/mol. The molecule has 0 radical (unpaired) electrons. The number of nitrogens with zero attached hydrogens (tertiary/aromatic N) is 6. The first kappa shape index (κ1) is 24.7. The molecule has 3 N–H and O–H groups in total. The molecule has 0 amide bonds. The lowest BCUT2D eigenvalue weighted by atomic mass is 9.90. The van der Waals surface area contributed by atoms with E-state index in [1.165, 1.54) is 12.8 Å². The van der Waals surface area contributed by atoms with Gasteiger partial charge in [-0.2, -0.15) is 20.2 Å². The number of allylic oxidation sites excluding steroid dienone is 4. The number of rotatable bonds is 7. The number of aromatic nitrogens is 6. The van der Waals surface area contributed by atoms with Gasteiger partial charge < -0.3 is 20.1 Å². The van der Waals surface area contributed by atoms with Crippen LogP contribution in [0.3, 0.4) is 0 Å². The van der Waals surface area contributed by atoms with Crippen LogP contribution in [0.15, 0.2) is 30.6 Å². The topological polar surface area (TPSA) is 118 Å². The maximum Gasteiger partial charge on any atom is 0.231 e. The number of H-pyrrole nitrogens is 1. The molecule has 5 heterocycles. The second-order valence-electron chi connectivity index (χ2n) is 11.0. The summed E-state index contributed by atoms with van der Waals surface area (Å²) in [5.41, 5.74) is 3.64. The normalized spacial score (nSPS) is 24.8. The SMILES string of the molecule is C1=CC(c2[nH]nc3nc(Nc4cnn(C5CCOCC5)c4)nc(NC4CCC(N5CCOCC5)CC4)c23)=CC1. The van der Waals surface area contributed by atoms with Gasteiger partial charge in [0.05, 0.1) is 42.2 Å². The Morgan fingerprint density at radius 3 is 2.54 bits per heavy atom. The van der Waals surface area contributed by atoms with Crippen molar-refractivity contribution in [1.82, 2.24) is 34.8 Å². The molecule has 3 aromatic rings. The maximum absolute atomic E-state index is 5.56. The van der Waals surface area contributed by atoms with Gasteiger partial charge in [0.25, 0.3) is 0 Å². The van der Waals surface area contributed by atoms with Crippen LogP contribution in [0.2, 0.25) is 0 Å². The molecule has 7 rings (SSSR count). The molecular weight excluding hydrogens is 494 g/mol. The molecule has 0 spiro atoms. The fraction of sp³-hybridized carbons (Fsp3) is 0.571. The summed E-state index contributed by atoms with van der Waals surface area (Å²) in [4.78, 5) is 12.4. The molecule has 0 unspecified atom stereocenters. The van der Waals surface area contributed by atoms with Crippen LogP contribution in [-0.4, -0.2) is 86.4 Å². The first-order chi connectivity index (χ1) is 19.3. The number of morpholine rings is 1. The van der Waals surface area contributed by atoms with Crippen molar-refractivity contribution in [2.24, 2.45) is 0 Å². The standard InChI is InChI=1S/C28H37N9O2/c1-2-4-19(3-1)25-24-26(30-20-5-7-22(8-6-20)36-11-15-39-16-12-36)32-28(33-27(24)35-34-25)31-21-17-29-37(18-21)23-9-13-38-14-10-23/h1,3-4,17-18,20,22-23H,2,5-16H2,(H3,30,31,32,33,34,35). The molecular formula is C28H37N9O2. The third-order valence-corrected chi connectivity index (χ3v) is 8.50. The molecule has 4 aliphatic rings. The number of hydrogen-bond donors (Lipinski definition) is 3. The summed E-state index contributed by atoms with van der Waals surface area (Å²) in [6.45, 7) is 5.38. The van der Waals surface area contributed by atoms with E-state index in [0.717, 1.165) is 99.8 Å². The van der Waals surface area contributed by atoms with E-state index in [2.05, 4.69) is 49.1 Å². The summed E-state index contributed by atoms with van der Waals surface area (Å²) in [5, 5.41) is 20.6. The number of anilines is 3. The summed E-state index contributed by atoms with van der Waals surface area (Å²) in [6, 6.07) is 1.38. The van der Waals surface area contributed by atoms with Crippen molar-refractivity contribution in [1.29, 1.82) is 0 Å². The van der Waals surface area contributed by atoms with Gasteiger partial charge >= 0.3 is 0 Å². The van der Waals surface area contributed by atoms with Crippen LogP contribution in [0.4, 0.5) is 17.5 Å². The van der Waals surface area contributed by atoms with Gasteiger partial charge in [-0.15, -0.1) is 0 Å². The van der Waals surface area contributed by atoms with Crippen molar-refractivity contribution in [3.8, 4) is 0 Å². The molecule has 0 atom stereocenters. The molecule has 1 saturated carbocycles. The van der Waals surface area contributed by atoms with Crippen molar-refractivity contribution >= 4 is 34.1 Å². The van der Waals surface area contributed by atoms with Crippen molar-refractivity contribution in [3.63, 3.8) is 0 Å². The smallest absolute Gasteiger partial charge is 0.231 e. The van der Waals surface area contributed by atoms with Crippen molar-refractivity contribution in [2.45, 2.75) is 63.1 Å². The van der Waals surface area contributed by atoms with E-state index < -0.39 is 0 Å². The first-order valence-corrected chi connectivity index (χ1v) is 14.4. The van der Waals surface area contributed by atoms with Crippen LogP contribution in [0.1, 0.15) is 56.7 Å². The van der Waals surface area contributed by atoms with Gasteiger partial charge in [-0.3, -0.25) is 14.7 Å². The third kappa shape index (κ3) is 5.30. The van der Waals surface area contributed by atoms with E-state index in [1.807, 2.05) is 17.1 Å². The minimum atomic E-state index is 0.361. The molecule has 2 aliphatic heterocycles. The summed E-state index contributed by atoms with van der Waals surface area (Å²) in [7, 11) is 0. The number of ether oxygens (including phenoxy) is 2. The Morgan fingerprint density at radius 2 is 1.74 bits per heavy atom. The average molecular weight is 532 g/mol. The van der Waals surface area contributed by atoms with Gasteiger partial charge in [-0.1, -0.05) is 18.2 Å². The zero-order valence-electron chi connectivity index (χ0n) is 22.3. The second-order valence-corrected chi connectivity index (χ2v) is 11.0. The van der Waals surface area contributed by atoms with Crippen LogP contribution < -0.4 is 10.6 Å². The molecule has 39 heavy (non-hydrogen) atoms. The van der Waals surface area contributed by atoms with Crippen molar-refractivity contribution in [3.05, 3.63) is 36.3 Å². The van der Waals surface area contributed by atoms with Crippen LogP contribution in [0.5, 0.6) is 0 Å². The van der Waals surface area contributed by atoms with Gasteiger partial charge in [0.1, 0.15) is 5.82 Å². The molecule has 11 nitrogen and oxygen atoms in total. The quantitative estimate of drug-likeness (QED) is 0.415. The Kier molecular flexibility index (Phi) is 7.02. The van der Waals surface area contributed by atoms with Crippen molar-refractivity contribution in [2.75, 3.05) is 50.2 Å². The molecule has 206 valence electrons. The minimum Gasteiger partial charge on any atom is -0.381 e. The number of aromatic amines is 1. The van der Waals surface area contributed by atoms with Gasteiger partial charge in [-0.25, -0.2) is 0 Å².